The van der Waals surface area contributed by atoms with Crippen molar-refractivity contribution in [3.05, 3.63) is 34.9 Å². The van der Waals surface area contributed by atoms with E-state index in [9.17, 15) is 4.79 Å². The predicted octanol–water partition coefficient (Wildman–Crippen LogP) is 1.75. The monoisotopic (exact) mass is 252 g/mol. The maximum absolute atomic E-state index is 11.8. The number of carbonyl (C=O) groups is 1. The van der Waals surface area contributed by atoms with Crippen LogP contribution in [0.15, 0.2) is 24.3 Å². The minimum absolute atomic E-state index is 0.0602. The molecule has 0 unspecified atom stereocenters. The number of amides is 1. The first-order valence-corrected chi connectivity index (χ1v) is 6.37. The van der Waals surface area contributed by atoms with Crippen molar-refractivity contribution in [2.45, 2.75) is 25.3 Å². The summed E-state index contributed by atoms with van der Waals surface area (Å²) in [7, 11) is 0. The van der Waals surface area contributed by atoms with Gasteiger partial charge in [-0.05, 0) is 37.6 Å². The number of halogens is 1. The molecule has 17 heavy (non-hydrogen) atoms. The molecule has 1 aromatic rings. The highest BCUT2D eigenvalue weighted by molar-refractivity contribution is 6.31. The van der Waals surface area contributed by atoms with Gasteiger partial charge in [0.25, 0.3) is 0 Å². The van der Waals surface area contributed by atoms with Gasteiger partial charge in [0.1, 0.15) is 0 Å². The van der Waals surface area contributed by atoms with Crippen LogP contribution in [0.1, 0.15) is 18.4 Å². The Morgan fingerprint density at radius 2 is 2.06 bits per heavy atom. The van der Waals surface area contributed by atoms with Crippen LogP contribution in [0.4, 0.5) is 0 Å². The Morgan fingerprint density at radius 3 is 2.76 bits per heavy atom. The lowest BCUT2D eigenvalue weighted by Gasteiger charge is -2.23. The minimum Gasteiger partial charge on any atom is -0.353 e. The van der Waals surface area contributed by atoms with Gasteiger partial charge in [-0.1, -0.05) is 29.8 Å². The number of benzene rings is 1. The molecule has 92 valence electrons. The second-order valence-corrected chi connectivity index (χ2v) is 4.77. The molecule has 0 radical (unpaired) electrons. The van der Waals surface area contributed by atoms with E-state index in [0.29, 0.717) is 17.5 Å². The Morgan fingerprint density at radius 1 is 1.35 bits per heavy atom. The van der Waals surface area contributed by atoms with Crippen molar-refractivity contribution in [2.75, 3.05) is 13.1 Å². The highest BCUT2D eigenvalue weighted by atomic mass is 35.5. The summed E-state index contributed by atoms with van der Waals surface area (Å²) in [4.78, 5) is 11.8. The normalized spacial score (nSPS) is 16.8. The summed E-state index contributed by atoms with van der Waals surface area (Å²) >= 11 is 6.02. The summed E-state index contributed by atoms with van der Waals surface area (Å²) in [5, 5.41) is 6.99. The van der Waals surface area contributed by atoms with Gasteiger partial charge in [0.15, 0.2) is 0 Å². The van der Waals surface area contributed by atoms with Crippen LogP contribution in [-0.2, 0) is 11.2 Å². The third-order valence-electron chi connectivity index (χ3n) is 3.01. The lowest BCUT2D eigenvalue weighted by molar-refractivity contribution is -0.121. The first-order chi connectivity index (χ1) is 8.25. The number of nitrogens with one attached hydrogen (secondary N) is 2. The Balaban J connectivity index is 1.86. The highest BCUT2D eigenvalue weighted by Crippen LogP contribution is 2.15. The van der Waals surface area contributed by atoms with Gasteiger partial charge in [-0.25, -0.2) is 0 Å². The summed E-state index contributed by atoms with van der Waals surface area (Å²) in [6, 6.07) is 7.79. The zero-order valence-electron chi connectivity index (χ0n) is 9.71. The van der Waals surface area contributed by atoms with Crippen LogP contribution in [0.5, 0.6) is 0 Å². The maximum Gasteiger partial charge on any atom is 0.224 e. The van der Waals surface area contributed by atoms with Gasteiger partial charge in [0, 0.05) is 11.1 Å². The van der Waals surface area contributed by atoms with E-state index in [1.807, 2.05) is 24.3 Å². The van der Waals surface area contributed by atoms with Gasteiger partial charge in [0.05, 0.1) is 6.42 Å². The van der Waals surface area contributed by atoms with Crippen molar-refractivity contribution in [1.82, 2.24) is 10.6 Å². The number of hydrogen-bond acceptors (Lipinski definition) is 2. The number of hydrogen-bond donors (Lipinski definition) is 2. The molecule has 0 bridgehead atoms. The average Bonchev–Trinajstić information content (AvgIpc) is 2.33. The van der Waals surface area contributed by atoms with Crippen molar-refractivity contribution >= 4 is 17.5 Å². The molecule has 2 N–H and O–H groups in total. The molecule has 0 saturated carbocycles. The number of rotatable bonds is 3. The van der Waals surface area contributed by atoms with Crippen LogP contribution in [0.3, 0.4) is 0 Å². The molecule has 1 heterocycles. The van der Waals surface area contributed by atoms with Crippen molar-refractivity contribution in [1.29, 1.82) is 0 Å². The zero-order valence-corrected chi connectivity index (χ0v) is 10.5. The lowest BCUT2D eigenvalue weighted by Crippen LogP contribution is -2.43. The molecule has 1 saturated heterocycles. The van der Waals surface area contributed by atoms with E-state index in [1.54, 1.807) is 0 Å². The smallest absolute Gasteiger partial charge is 0.224 e. The molecule has 0 aliphatic carbocycles. The van der Waals surface area contributed by atoms with E-state index in [2.05, 4.69) is 10.6 Å². The van der Waals surface area contributed by atoms with E-state index in [0.717, 1.165) is 31.5 Å². The van der Waals surface area contributed by atoms with Gasteiger partial charge in [-0.2, -0.15) is 0 Å². The van der Waals surface area contributed by atoms with Gasteiger partial charge in [0.2, 0.25) is 5.91 Å². The number of carbonyl (C=O) groups excluding carboxylic acids is 1. The Hall–Kier alpha value is -1.06. The van der Waals surface area contributed by atoms with Crippen molar-refractivity contribution in [3.63, 3.8) is 0 Å². The standard InChI is InChI=1S/C13H17ClN2O/c14-12-4-2-1-3-10(12)9-13(17)16-11-5-7-15-8-6-11/h1-4,11,15H,5-9H2,(H,16,17). The van der Waals surface area contributed by atoms with Gasteiger partial charge in [-0.3, -0.25) is 4.79 Å². The second-order valence-electron chi connectivity index (χ2n) is 4.36. The Kier molecular flexibility index (Phi) is 4.40. The molecule has 1 aliphatic rings. The van der Waals surface area contributed by atoms with E-state index in [-0.39, 0.29) is 5.91 Å². The molecule has 1 aromatic carbocycles. The fraction of sp³-hybridized carbons (Fsp3) is 0.462. The number of piperidine rings is 1. The average molecular weight is 253 g/mol. The Labute approximate surface area is 107 Å². The van der Waals surface area contributed by atoms with Crippen LogP contribution in [-0.4, -0.2) is 25.0 Å². The van der Waals surface area contributed by atoms with E-state index in [4.69, 9.17) is 11.6 Å². The van der Waals surface area contributed by atoms with Crippen molar-refractivity contribution < 1.29 is 4.79 Å². The van der Waals surface area contributed by atoms with Crippen LogP contribution in [0.25, 0.3) is 0 Å². The molecular weight excluding hydrogens is 236 g/mol. The molecule has 1 fully saturated rings. The molecule has 2 rings (SSSR count). The predicted molar refractivity (Wildman–Crippen MR) is 69.2 cm³/mol. The van der Waals surface area contributed by atoms with Crippen molar-refractivity contribution in [2.24, 2.45) is 0 Å². The molecule has 3 nitrogen and oxygen atoms in total. The van der Waals surface area contributed by atoms with E-state index >= 15 is 0 Å². The fourth-order valence-corrected chi connectivity index (χ4v) is 2.26. The summed E-state index contributed by atoms with van der Waals surface area (Å²) in [6.45, 7) is 1.97. The SMILES string of the molecule is O=C(Cc1ccccc1Cl)NC1CCNCC1. The largest absolute Gasteiger partial charge is 0.353 e. The van der Waals surface area contributed by atoms with Crippen LogP contribution in [0.2, 0.25) is 5.02 Å². The Bertz CT molecular complexity index is 389. The van der Waals surface area contributed by atoms with Crippen LogP contribution >= 0.6 is 11.6 Å². The molecule has 4 heteroatoms. The summed E-state index contributed by atoms with van der Waals surface area (Å²) in [5.41, 5.74) is 0.889. The van der Waals surface area contributed by atoms with Crippen LogP contribution in [0, 0.1) is 0 Å². The summed E-state index contributed by atoms with van der Waals surface area (Å²) in [5.74, 6) is 0.0602. The fourth-order valence-electron chi connectivity index (χ4n) is 2.06. The van der Waals surface area contributed by atoms with Crippen LogP contribution < -0.4 is 10.6 Å². The topological polar surface area (TPSA) is 41.1 Å². The molecule has 1 aliphatic heterocycles. The van der Waals surface area contributed by atoms with Gasteiger partial charge < -0.3 is 10.6 Å². The van der Waals surface area contributed by atoms with E-state index in [1.165, 1.54) is 0 Å². The second kappa shape index (κ2) is 6.03. The van der Waals surface area contributed by atoms with Gasteiger partial charge in [-0.15, -0.1) is 0 Å². The highest BCUT2D eigenvalue weighted by Gasteiger charge is 2.15. The third-order valence-corrected chi connectivity index (χ3v) is 3.38. The molecule has 0 spiro atoms. The first-order valence-electron chi connectivity index (χ1n) is 5.99. The first kappa shape index (κ1) is 12.4. The third kappa shape index (κ3) is 3.72. The van der Waals surface area contributed by atoms with Crippen molar-refractivity contribution in [3.8, 4) is 0 Å². The zero-order chi connectivity index (χ0) is 12.1. The molecule has 0 atom stereocenters. The quantitative estimate of drug-likeness (QED) is 0.861. The lowest BCUT2D eigenvalue weighted by atomic mass is 10.1. The molecule has 0 aromatic heterocycles. The minimum atomic E-state index is 0.0602. The summed E-state index contributed by atoms with van der Waals surface area (Å²) in [6.07, 6.45) is 2.38. The maximum atomic E-state index is 11.8. The van der Waals surface area contributed by atoms with Gasteiger partial charge >= 0.3 is 0 Å². The van der Waals surface area contributed by atoms with E-state index < -0.39 is 0 Å². The molecule has 1 amide bonds. The molecular formula is C13H17ClN2O. The summed E-state index contributed by atoms with van der Waals surface area (Å²) < 4.78 is 0.